The minimum atomic E-state index is -5.15. The molecule has 0 bridgehead atoms. The molecule has 0 aliphatic carbocycles. The van der Waals surface area contributed by atoms with Crippen molar-refractivity contribution < 1.29 is 27.3 Å². The van der Waals surface area contributed by atoms with Crippen LogP contribution in [0.2, 0.25) is 0 Å². The maximum atomic E-state index is 13.9. The van der Waals surface area contributed by atoms with Crippen LogP contribution in [0.3, 0.4) is 0 Å². The highest BCUT2D eigenvalue weighted by molar-refractivity contribution is 9.10. The predicted molar refractivity (Wildman–Crippen MR) is 140 cm³/mol. The summed E-state index contributed by atoms with van der Waals surface area (Å²) in [5, 5.41) is 12.4. The van der Waals surface area contributed by atoms with E-state index in [1.807, 2.05) is 0 Å². The van der Waals surface area contributed by atoms with Gasteiger partial charge in [-0.05, 0) is 52.0 Å². The van der Waals surface area contributed by atoms with Gasteiger partial charge in [0.15, 0.2) is 11.5 Å². The number of amides is 2. The van der Waals surface area contributed by atoms with Crippen LogP contribution in [0.1, 0.15) is 24.0 Å². The number of hydrogen-bond donors (Lipinski definition) is 7. The van der Waals surface area contributed by atoms with E-state index in [2.05, 4.69) is 26.6 Å². The number of benzene rings is 2. The van der Waals surface area contributed by atoms with Crippen molar-refractivity contribution in [1.29, 1.82) is 5.41 Å². The molecule has 2 aromatic carbocycles. The lowest BCUT2D eigenvalue weighted by molar-refractivity contribution is -0.135. The van der Waals surface area contributed by atoms with E-state index >= 15 is 0 Å². The van der Waals surface area contributed by atoms with Gasteiger partial charge in [0.25, 0.3) is 0 Å². The normalized spacial score (nSPS) is 13.9. The van der Waals surface area contributed by atoms with E-state index in [0.29, 0.717) is 15.8 Å². The molecule has 0 aliphatic heterocycles. The molecule has 15 heteroatoms. The summed E-state index contributed by atoms with van der Waals surface area (Å²) in [4.78, 5) is 26.2. The largest absolute Gasteiger partial charge is 0.496 e. The Labute approximate surface area is 223 Å². The highest BCUT2D eigenvalue weighted by Crippen LogP contribution is 2.38. The monoisotopic (exact) mass is 599 g/mol. The number of nitrogens with one attached hydrogen (secondary N) is 3. The maximum absolute atomic E-state index is 13.9. The molecule has 2 atom stereocenters. The Bertz CT molecular complexity index is 1230. The summed E-state index contributed by atoms with van der Waals surface area (Å²) in [6, 6.07) is 11.8. The van der Waals surface area contributed by atoms with Crippen LogP contribution in [0.4, 0.5) is 0 Å². The topological polar surface area (TPSA) is 227 Å². The predicted octanol–water partition coefficient (Wildman–Crippen LogP) is 0.108. The first-order valence-corrected chi connectivity index (χ1v) is 13.1. The molecule has 202 valence electrons. The van der Waals surface area contributed by atoms with Crippen LogP contribution in [0.5, 0.6) is 5.75 Å². The fourth-order valence-corrected chi connectivity index (χ4v) is 4.98. The minimum absolute atomic E-state index is 0.0205. The van der Waals surface area contributed by atoms with Crippen molar-refractivity contribution in [2.24, 2.45) is 17.3 Å². The van der Waals surface area contributed by atoms with Gasteiger partial charge in [0.2, 0.25) is 11.8 Å². The molecule has 2 amide bonds. The van der Waals surface area contributed by atoms with Gasteiger partial charge in [0, 0.05) is 13.0 Å². The van der Waals surface area contributed by atoms with Gasteiger partial charge in [-0.15, -0.1) is 0 Å². The van der Waals surface area contributed by atoms with Crippen molar-refractivity contribution in [3.8, 4) is 5.75 Å². The highest BCUT2D eigenvalue weighted by Gasteiger charge is 2.50. The molecule has 0 aliphatic rings. The molecule has 2 aromatic rings. The number of methoxy groups -OCH3 is 1. The summed E-state index contributed by atoms with van der Waals surface area (Å²) >= 11 is 3.31. The molecular weight excluding hydrogens is 570 g/mol. The molecule has 0 radical (unpaired) electrons. The van der Waals surface area contributed by atoms with Crippen molar-refractivity contribution in [1.82, 2.24) is 15.0 Å². The molecule has 0 fully saturated rings. The zero-order chi connectivity index (χ0) is 27.8. The summed E-state index contributed by atoms with van der Waals surface area (Å²) in [5.41, 5.74) is 9.38. The van der Waals surface area contributed by atoms with Crippen molar-refractivity contribution in [2.45, 2.75) is 30.8 Å². The van der Waals surface area contributed by atoms with Gasteiger partial charge in [-0.25, -0.2) is 0 Å². The van der Waals surface area contributed by atoms with Crippen molar-refractivity contribution in [3.05, 3.63) is 64.1 Å². The fourth-order valence-electron chi connectivity index (χ4n) is 3.76. The van der Waals surface area contributed by atoms with Crippen LogP contribution < -0.4 is 32.7 Å². The molecule has 2 rings (SSSR count). The van der Waals surface area contributed by atoms with Crippen LogP contribution in [-0.4, -0.2) is 54.9 Å². The number of guanidine groups is 1. The molecule has 10 N–H and O–H groups in total. The lowest BCUT2D eigenvalue weighted by Crippen LogP contribution is -2.63. The van der Waals surface area contributed by atoms with Gasteiger partial charge in [-0.3, -0.25) is 25.4 Å². The molecule has 0 saturated heterocycles. The summed E-state index contributed by atoms with van der Waals surface area (Å²) < 4.78 is 40.1. The number of hydrogen-bond acceptors (Lipinski definition) is 7. The van der Waals surface area contributed by atoms with Crippen LogP contribution in [-0.2, 0) is 31.9 Å². The maximum Gasteiger partial charge on any atom is 0.350 e. The Morgan fingerprint density at radius 1 is 1.22 bits per heavy atom. The van der Waals surface area contributed by atoms with E-state index < -0.39 is 33.7 Å². The Balaban J connectivity index is 2.62. The Hall–Kier alpha value is -3.24. The average molecular weight is 600 g/mol. The van der Waals surface area contributed by atoms with E-state index in [0.717, 1.165) is 0 Å². The number of halogens is 1. The second kappa shape index (κ2) is 12.8. The van der Waals surface area contributed by atoms with Crippen LogP contribution in [0.15, 0.2) is 53.0 Å². The van der Waals surface area contributed by atoms with Gasteiger partial charge < -0.3 is 26.8 Å². The fraction of sp³-hybridized carbons (Fsp3) is 0.318. The number of ether oxygens (including phenoxy) is 1. The van der Waals surface area contributed by atoms with Crippen molar-refractivity contribution >= 4 is 44.0 Å². The molecule has 0 saturated carbocycles. The Morgan fingerprint density at radius 3 is 2.38 bits per heavy atom. The molecule has 13 nitrogen and oxygen atoms in total. The standard InChI is InChI=1S/C22H30BrN7O6S/c1-36-18-9-8-15(13-16(18)23)22(30(27)37(33,34)35,10-5-11-28-21(25)26)20(32)29-17(19(24)31)12-14-6-3-2-4-7-14/h2-4,6-9,13,17H,5,10-12,27H2,1H3,(H2,24,31)(H,29,32)(H4,25,26,28)(H,33,34,35)/t17-,22+/m0/s1. The molecule has 0 heterocycles. The zero-order valence-corrected chi connectivity index (χ0v) is 22.4. The summed E-state index contributed by atoms with van der Waals surface area (Å²) in [7, 11) is -3.73. The van der Waals surface area contributed by atoms with E-state index in [1.54, 1.807) is 30.3 Å². The SMILES string of the molecule is COc1ccc([C@](CCCNC(=N)N)(C(=O)N[C@@H](Cc2ccccc2)C(N)=O)N(N)S(=O)(=O)O)cc1Br. The molecular formula is C22H30BrN7O6S. The van der Waals surface area contributed by atoms with E-state index in [4.69, 9.17) is 27.5 Å². The van der Waals surface area contributed by atoms with Crippen molar-refractivity contribution in [2.75, 3.05) is 13.7 Å². The second-order valence-electron chi connectivity index (χ2n) is 8.05. The molecule has 0 spiro atoms. The number of nitrogens with zero attached hydrogens (tertiary/aromatic N) is 1. The number of hydrazine groups is 1. The van der Waals surface area contributed by atoms with Gasteiger partial charge in [-0.1, -0.05) is 40.8 Å². The first-order valence-electron chi connectivity index (χ1n) is 10.9. The van der Waals surface area contributed by atoms with Gasteiger partial charge in [0.05, 0.1) is 11.6 Å². The third-order valence-corrected chi connectivity index (χ3v) is 7.02. The molecule has 0 aromatic heterocycles. The number of primary amides is 1. The van der Waals surface area contributed by atoms with Gasteiger partial charge >= 0.3 is 10.3 Å². The van der Waals surface area contributed by atoms with Crippen molar-refractivity contribution in [3.63, 3.8) is 0 Å². The smallest absolute Gasteiger partial charge is 0.350 e. The van der Waals surface area contributed by atoms with Gasteiger partial charge in [0.1, 0.15) is 11.8 Å². The number of carbonyl (C=O) groups is 2. The Kier molecular flexibility index (Phi) is 10.4. The average Bonchev–Trinajstić information content (AvgIpc) is 2.83. The number of carbonyl (C=O) groups excluding carboxylic acids is 2. The summed E-state index contributed by atoms with van der Waals surface area (Å²) in [6.07, 6.45) is -0.197. The van der Waals surface area contributed by atoms with Gasteiger partial charge in [-0.2, -0.15) is 8.42 Å². The van der Waals surface area contributed by atoms with E-state index in [1.165, 1.54) is 25.3 Å². The van der Waals surface area contributed by atoms with E-state index in [9.17, 15) is 22.6 Å². The zero-order valence-electron chi connectivity index (χ0n) is 20.0. The highest BCUT2D eigenvalue weighted by atomic mass is 79.9. The summed E-state index contributed by atoms with van der Waals surface area (Å²) in [6.45, 7) is 0.0737. The third-order valence-electron chi connectivity index (χ3n) is 5.59. The number of rotatable bonds is 13. The lowest BCUT2D eigenvalue weighted by Gasteiger charge is -2.39. The van der Waals surface area contributed by atoms with Crippen LogP contribution in [0, 0.1) is 5.41 Å². The molecule has 37 heavy (non-hydrogen) atoms. The first-order chi connectivity index (χ1) is 17.3. The minimum Gasteiger partial charge on any atom is -0.496 e. The summed E-state index contributed by atoms with van der Waals surface area (Å²) in [5.74, 6) is 4.09. The quantitative estimate of drug-likeness (QED) is 0.0413. The third kappa shape index (κ3) is 7.62. The second-order valence-corrected chi connectivity index (χ2v) is 10.2. The van der Waals surface area contributed by atoms with Crippen LogP contribution >= 0.6 is 15.9 Å². The first kappa shape index (κ1) is 30.0. The number of nitrogens with two attached hydrogens (primary N) is 3. The Morgan fingerprint density at radius 2 is 1.86 bits per heavy atom. The molecule has 0 unspecified atom stereocenters. The van der Waals surface area contributed by atoms with E-state index in [-0.39, 0.29) is 41.7 Å². The lowest BCUT2D eigenvalue weighted by atomic mass is 9.84. The van der Waals surface area contributed by atoms with Crippen LogP contribution in [0.25, 0.3) is 0 Å².